The maximum atomic E-state index is 12.9. The zero-order valence-corrected chi connectivity index (χ0v) is 15.4. The third-order valence-electron chi connectivity index (χ3n) is 5.18. The number of aromatic nitrogens is 5. The predicted octanol–water partition coefficient (Wildman–Crippen LogP) is 3.21. The van der Waals surface area contributed by atoms with Gasteiger partial charge in [0.25, 0.3) is 5.91 Å². The van der Waals surface area contributed by atoms with Gasteiger partial charge in [-0.2, -0.15) is 5.10 Å². The summed E-state index contributed by atoms with van der Waals surface area (Å²) in [5.41, 5.74) is 3.19. The molecule has 28 heavy (non-hydrogen) atoms. The van der Waals surface area contributed by atoms with E-state index in [1.165, 1.54) is 6.42 Å². The highest BCUT2D eigenvalue weighted by Crippen LogP contribution is 2.25. The monoisotopic (exact) mass is 372 g/mol. The fraction of sp³-hybridized carbons (Fsp3) is 0.238. The van der Waals surface area contributed by atoms with E-state index in [1.807, 2.05) is 52.2 Å². The number of piperidine rings is 1. The predicted molar refractivity (Wildman–Crippen MR) is 105 cm³/mol. The molecule has 0 unspecified atom stereocenters. The highest BCUT2D eigenvalue weighted by atomic mass is 16.2. The summed E-state index contributed by atoms with van der Waals surface area (Å²) in [5.74, 6) is 0.845. The third-order valence-corrected chi connectivity index (χ3v) is 5.18. The van der Waals surface area contributed by atoms with Gasteiger partial charge in [0.1, 0.15) is 5.82 Å². The molecule has 0 saturated carbocycles. The topological polar surface area (TPSA) is 68.3 Å². The lowest BCUT2D eigenvalue weighted by atomic mass is 10.1. The van der Waals surface area contributed by atoms with Gasteiger partial charge < -0.3 is 4.90 Å². The SMILES string of the molecule is O=C(c1cccc(-n2ccnc2-c2cnn3cccnc23)c1)N1CCCCC1. The Balaban J connectivity index is 1.53. The molecule has 1 amide bonds. The van der Waals surface area contributed by atoms with Crippen LogP contribution in [0.3, 0.4) is 0 Å². The lowest BCUT2D eigenvalue weighted by Crippen LogP contribution is -2.35. The van der Waals surface area contributed by atoms with Gasteiger partial charge in [0.15, 0.2) is 5.65 Å². The molecule has 1 aliphatic heterocycles. The molecule has 1 fully saturated rings. The van der Waals surface area contributed by atoms with Crippen LogP contribution in [0.1, 0.15) is 29.6 Å². The van der Waals surface area contributed by atoms with E-state index in [2.05, 4.69) is 15.1 Å². The second kappa shape index (κ2) is 6.92. The van der Waals surface area contributed by atoms with E-state index in [1.54, 1.807) is 23.1 Å². The van der Waals surface area contributed by atoms with E-state index in [4.69, 9.17) is 0 Å². The van der Waals surface area contributed by atoms with Crippen molar-refractivity contribution in [3.63, 3.8) is 0 Å². The molecule has 7 heteroatoms. The summed E-state index contributed by atoms with van der Waals surface area (Å²) < 4.78 is 3.70. The van der Waals surface area contributed by atoms with Crippen LogP contribution < -0.4 is 0 Å². The summed E-state index contributed by atoms with van der Waals surface area (Å²) in [6.07, 6.45) is 12.4. The van der Waals surface area contributed by atoms with Crippen LogP contribution in [0.25, 0.3) is 22.7 Å². The normalized spacial score (nSPS) is 14.5. The minimum absolute atomic E-state index is 0.0980. The molecule has 7 nitrogen and oxygen atoms in total. The number of fused-ring (bicyclic) bond motifs is 1. The quantitative estimate of drug-likeness (QED) is 0.554. The van der Waals surface area contributed by atoms with Gasteiger partial charge in [-0.15, -0.1) is 0 Å². The number of nitrogens with zero attached hydrogens (tertiary/aromatic N) is 6. The van der Waals surface area contributed by atoms with Crippen LogP contribution in [-0.4, -0.2) is 48.0 Å². The lowest BCUT2D eigenvalue weighted by molar-refractivity contribution is 0.0724. The third kappa shape index (κ3) is 2.85. The number of carbonyl (C=O) groups excluding carboxylic acids is 1. The minimum atomic E-state index is 0.0980. The van der Waals surface area contributed by atoms with E-state index in [9.17, 15) is 4.79 Å². The first-order chi connectivity index (χ1) is 13.8. The fourth-order valence-corrected chi connectivity index (χ4v) is 3.76. The maximum Gasteiger partial charge on any atom is 0.253 e. The Morgan fingerprint density at radius 2 is 1.86 bits per heavy atom. The lowest BCUT2D eigenvalue weighted by Gasteiger charge is -2.26. The summed E-state index contributed by atoms with van der Waals surface area (Å²) in [6.45, 7) is 1.68. The Kier molecular flexibility index (Phi) is 4.12. The van der Waals surface area contributed by atoms with E-state index < -0.39 is 0 Å². The molecule has 0 bridgehead atoms. The first-order valence-electron chi connectivity index (χ1n) is 9.53. The van der Waals surface area contributed by atoms with Crippen LogP contribution in [0.4, 0.5) is 0 Å². The number of hydrogen-bond donors (Lipinski definition) is 0. The second-order valence-corrected chi connectivity index (χ2v) is 6.97. The first-order valence-corrected chi connectivity index (χ1v) is 9.53. The Bertz CT molecular complexity index is 1140. The van der Waals surface area contributed by atoms with Crippen molar-refractivity contribution in [2.24, 2.45) is 0 Å². The number of benzene rings is 1. The van der Waals surface area contributed by atoms with E-state index in [0.29, 0.717) is 5.56 Å². The smallest absolute Gasteiger partial charge is 0.253 e. The van der Waals surface area contributed by atoms with Crippen LogP contribution in [0.5, 0.6) is 0 Å². The summed E-state index contributed by atoms with van der Waals surface area (Å²) in [4.78, 5) is 23.8. The van der Waals surface area contributed by atoms with Gasteiger partial charge >= 0.3 is 0 Å². The van der Waals surface area contributed by atoms with Gasteiger partial charge in [-0.25, -0.2) is 14.5 Å². The van der Waals surface area contributed by atoms with Gasteiger partial charge in [-0.1, -0.05) is 6.07 Å². The molecule has 3 aromatic heterocycles. The molecule has 1 aliphatic rings. The highest BCUT2D eigenvalue weighted by molar-refractivity contribution is 5.95. The highest BCUT2D eigenvalue weighted by Gasteiger charge is 2.19. The van der Waals surface area contributed by atoms with Gasteiger partial charge in [-0.05, 0) is 43.5 Å². The van der Waals surface area contributed by atoms with Gasteiger partial charge in [-0.3, -0.25) is 9.36 Å². The van der Waals surface area contributed by atoms with E-state index in [-0.39, 0.29) is 5.91 Å². The number of carbonyl (C=O) groups is 1. The molecular formula is C21H20N6O. The molecule has 0 atom stereocenters. The molecule has 5 rings (SSSR count). The number of likely N-dealkylation sites (tertiary alicyclic amines) is 1. The summed E-state index contributed by atoms with van der Waals surface area (Å²) in [7, 11) is 0. The van der Waals surface area contributed by atoms with Crippen LogP contribution in [0.2, 0.25) is 0 Å². The standard InChI is InChI=1S/C21H20N6O/c28-21(25-10-2-1-3-11-25)16-6-4-7-17(14-16)26-13-9-23-19(26)18-15-24-27-12-5-8-22-20(18)27/h4-9,12-15H,1-3,10-11H2. The largest absolute Gasteiger partial charge is 0.339 e. The molecule has 0 radical (unpaired) electrons. The van der Waals surface area contributed by atoms with E-state index >= 15 is 0 Å². The van der Waals surface area contributed by atoms with Crippen molar-refractivity contribution < 1.29 is 4.79 Å². The molecule has 4 heterocycles. The molecule has 1 aromatic carbocycles. The Hall–Kier alpha value is -3.48. The molecule has 0 N–H and O–H groups in total. The molecule has 0 aliphatic carbocycles. The zero-order chi connectivity index (χ0) is 18.9. The minimum Gasteiger partial charge on any atom is -0.339 e. The maximum absolute atomic E-state index is 12.9. The van der Waals surface area contributed by atoms with Crippen molar-refractivity contribution >= 4 is 11.6 Å². The van der Waals surface area contributed by atoms with Crippen LogP contribution >= 0.6 is 0 Å². The Labute approximate surface area is 162 Å². The van der Waals surface area contributed by atoms with Gasteiger partial charge in [0.2, 0.25) is 0 Å². The van der Waals surface area contributed by atoms with Crippen molar-refractivity contribution in [3.05, 3.63) is 66.9 Å². The second-order valence-electron chi connectivity index (χ2n) is 6.97. The summed E-state index contributed by atoms with van der Waals surface area (Å²) in [5, 5.41) is 4.36. The van der Waals surface area contributed by atoms with Crippen molar-refractivity contribution in [1.29, 1.82) is 0 Å². The number of rotatable bonds is 3. The molecule has 1 saturated heterocycles. The van der Waals surface area contributed by atoms with Crippen molar-refractivity contribution in [3.8, 4) is 17.1 Å². The van der Waals surface area contributed by atoms with Crippen molar-refractivity contribution in [2.75, 3.05) is 13.1 Å². The molecule has 4 aromatic rings. The average Bonchev–Trinajstić information content (AvgIpc) is 3.40. The number of hydrogen-bond acceptors (Lipinski definition) is 4. The Morgan fingerprint density at radius 1 is 0.964 bits per heavy atom. The van der Waals surface area contributed by atoms with Crippen LogP contribution in [-0.2, 0) is 0 Å². The van der Waals surface area contributed by atoms with Gasteiger partial charge in [0, 0.05) is 49.1 Å². The van der Waals surface area contributed by atoms with Gasteiger partial charge in [0.05, 0.1) is 11.8 Å². The van der Waals surface area contributed by atoms with Crippen molar-refractivity contribution in [1.82, 2.24) is 29.0 Å². The van der Waals surface area contributed by atoms with Crippen LogP contribution in [0, 0.1) is 0 Å². The molecule has 0 spiro atoms. The molecule has 140 valence electrons. The van der Waals surface area contributed by atoms with Crippen molar-refractivity contribution in [2.45, 2.75) is 19.3 Å². The first kappa shape index (κ1) is 16.7. The average molecular weight is 372 g/mol. The number of imidazole rings is 1. The van der Waals surface area contributed by atoms with Crippen LogP contribution in [0.15, 0.2) is 61.3 Å². The Morgan fingerprint density at radius 3 is 2.75 bits per heavy atom. The summed E-state index contributed by atoms with van der Waals surface area (Å²) in [6, 6.07) is 9.56. The summed E-state index contributed by atoms with van der Waals surface area (Å²) >= 11 is 0. The zero-order valence-electron chi connectivity index (χ0n) is 15.4. The molecular weight excluding hydrogens is 352 g/mol. The number of amides is 1. The fourth-order valence-electron chi connectivity index (χ4n) is 3.76. The van der Waals surface area contributed by atoms with E-state index in [0.717, 1.165) is 48.7 Å².